The number of nitrogens with two attached hydrogens (primary N) is 1. The van der Waals surface area contributed by atoms with Gasteiger partial charge in [0.25, 0.3) is 0 Å². The minimum absolute atomic E-state index is 0.202. The summed E-state index contributed by atoms with van der Waals surface area (Å²) in [6.45, 7) is 0. The first-order valence-electron chi connectivity index (χ1n) is 9.55. The first kappa shape index (κ1) is 18.8. The van der Waals surface area contributed by atoms with E-state index in [0.29, 0.717) is 5.57 Å². The van der Waals surface area contributed by atoms with Crippen molar-refractivity contribution in [2.24, 2.45) is 5.73 Å². The van der Waals surface area contributed by atoms with Gasteiger partial charge in [-0.25, -0.2) is 4.79 Å². The molecule has 28 heavy (non-hydrogen) atoms. The van der Waals surface area contributed by atoms with Crippen LogP contribution in [-0.2, 0) is 11.2 Å². The fraction of sp³-hybridized carbons (Fsp3) is 0.208. The number of aryl methyl sites for hydroxylation is 1. The van der Waals surface area contributed by atoms with Crippen molar-refractivity contribution >= 4 is 39.3 Å². The van der Waals surface area contributed by atoms with Gasteiger partial charge in [0, 0.05) is 11.8 Å². The molecule has 1 aliphatic heterocycles. The van der Waals surface area contributed by atoms with Crippen LogP contribution in [0.15, 0.2) is 71.7 Å². The van der Waals surface area contributed by atoms with E-state index in [9.17, 15) is 4.79 Å². The number of carboxylic acids is 1. The van der Waals surface area contributed by atoms with E-state index in [1.54, 1.807) is 29.3 Å². The molecule has 142 valence electrons. The second-order valence-corrected chi connectivity index (χ2v) is 8.06. The summed E-state index contributed by atoms with van der Waals surface area (Å²) in [6.07, 6.45) is 6.81. The zero-order chi connectivity index (χ0) is 19.5. The van der Waals surface area contributed by atoms with Gasteiger partial charge in [0.15, 0.2) is 0 Å². The molecule has 1 atom stereocenters. The molecule has 0 aromatic heterocycles. The fourth-order valence-electron chi connectivity index (χ4n) is 4.01. The van der Waals surface area contributed by atoms with Crippen molar-refractivity contribution in [2.45, 2.75) is 25.3 Å². The van der Waals surface area contributed by atoms with Crippen molar-refractivity contribution in [1.82, 2.24) is 0 Å². The van der Waals surface area contributed by atoms with Gasteiger partial charge in [0.1, 0.15) is 0 Å². The molecule has 0 bridgehead atoms. The van der Waals surface area contributed by atoms with Crippen molar-refractivity contribution in [3.63, 3.8) is 0 Å². The van der Waals surface area contributed by atoms with Crippen LogP contribution in [0.3, 0.4) is 0 Å². The molecule has 0 saturated carbocycles. The van der Waals surface area contributed by atoms with Crippen molar-refractivity contribution in [3.05, 3.63) is 82.8 Å². The van der Waals surface area contributed by atoms with Crippen LogP contribution < -0.4 is 5.73 Å². The Bertz CT molecular complexity index is 1100. The monoisotopic (exact) mass is 389 g/mol. The van der Waals surface area contributed by atoms with Crippen molar-refractivity contribution in [3.8, 4) is 0 Å². The predicted octanol–water partition coefficient (Wildman–Crippen LogP) is 5.59. The van der Waals surface area contributed by atoms with Gasteiger partial charge in [0.05, 0.1) is 5.57 Å². The highest BCUT2D eigenvalue weighted by Crippen LogP contribution is 2.36. The molecule has 3 N–H and O–H groups in total. The van der Waals surface area contributed by atoms with Gasteiger partial charge in [-0.15, -0.1) is 11.8 Å². The zero-order valence-corrected chi connectivity index (χ0v) is 16.4. The SMILES string of the molecule is NC1CCCc2ccc3c(ccc4ccccc43)c21.O=C(O)C1=CCSC=C1. The van der Waals surface area contributed by atoms with Crippen LogP contribution in [0.4, 0.5) is 0 Å². The van der Waals surface area contributed by atoms with E-state index in [1.807, 2.05) is 0 Å². The van der Waals surface area contributed by atoms with Gasteiger partial charge in [0.2, 0.25) is 0 Å². The summed E-state index contributed by atoms with van der Waals surface area (Å²) in [4.78, 5) is 10.2. The molecule has 0 fully saturated rings. The maximum Gasteiger partial charge on any atom is 0.335 e. The van der Waals surface area contributed by atoms with E-state index in [1.165, 1.54) is 45.5 Å². The lowest BCUT2D eigenvalue weighted by Gasteiger charge is -2.24. The number of hydrogen-bond donors (Lipinski definition) is 2. The van der Waals surface area contributed by atoms with Crippen LogP contribution in [0.1, 0.15) is 30.0 Å². The van der Waals surface area contributed by atoms with Gasteiger partial charge in [-0.05, 0) is 63.4 Å². The highest BCUT2D eigenvalue weighted by molar-refractivity contribution is 8.02. The molecule has 5 rings (SSSR count). The van der Waals surface area contributed by atoms with Crippen molar-refractivity contribution < 1.29 is 9.90 Å². The highest BCUT2D eigenvalue weighted by Gasteiger charge is 2.19. The standard InChI is InChI=1S/C18H17N.C6H6O2S/c19-17-7-3-5-13-9-10-15-14-6-2-1-4-12(14)8-11-16(15)18(13)17;7-6(8)5-1-3-9-4-2-5/h1-2,4,6,8-11,17H,3,5,7,19H2;1-3H,4H2,(H,7,8). The summed E-state index contributed by atoms with van der Waals surface area (Å²) < 4.78 is 0. The third-order valence-electron chi connectivity index (χ3n) is 5.38. The summed E-state index contributed by atoms with van der Waals surface area (Å²) in [7, 11) is 0. The lowest BCUT2D eigenvalue weighted by atomic mass is 9.84. The fourth-order valence-corrected chi connectivity index (χ4v) is 4.64. The van der Waals surface area contributed by atoms with Crippen LogP contribution >= 0.6 is 11.8 Å². The smallest absolute Gasteiger partial charge is 0.335 e. The molecule has 0 radical (unpaired) electrons. The van der Waals surface area contributed by atoms with Gasteiger partial charge in [-0.3, -0.25) is 0 Å². The molecular formula is C24H23NO2S. The van der Waals surface area contributed by atoms with Crippen molar-refractivity contribution in [2.75, 3.05) is 5.75 Å². The Morgan fingerprint density at radius 1 is 1.04 bits per heavy atom. The Morgan fingerprint density at radius 2 is 1.86 bits per heavy atom. The van der Waals surface area contributed by atoms with Crippen LogP contribution in [0.5, 0.6) is 0 Å². The van der Waals surface area contributed by atoms with E-state index in [0.717, 1.165) is 12.2 Å². The topological polar surface area (TPSA) is 63.3 Å². The molecule has 1 aliphatic carbocycles. The molecule has 3 aromatic carbocycles. The number of rotatable bonds is 1. The predicted molar refractivity (Wildman–Crippen MR) is 119 cm³/mol. The van der Waals surface area contributed by atoms with Crippen LogP contribution in [0, 0.1) is 0 Å². The number of thioether (sulfide) groups is 1. The van der Waals surface area contributed by atoms with E-state index in [-0.39, 0.29) is 6.04 Å². The summed E-state index contributed by atoms with van der Waals surface area (Å²) in [5.41, 5.74) is 9.58. The lowest BCUT2D eigenvalue weighted by Crippen LogP contribution is -2.17. The van der Waals surface area contributed by atoms with Crippen LogP contribution in [0.2, 0.25) is 0 Å². The Kier molecular flexibility index (Phi) is 5.51. The molecule has 0 spiro atoms. The Labute approximate surface area is 168 Å². The second-order valence-electron chi connectivity index (χ2n) is 7.12. The lowest BCUT2D eigenvalue weighted by molar-refractivity contribution is -0.132. The van der Waals surface area contributed by atoms with E-state index >= 15 is 0 Å². The molecule has 3 aromatic rings. The summed E-state index contributed by atoms with van der Waals surface area (Å²) in [5.74, 6) is -0.0652. The number of hydrogen-bond acceptors (Lipinski definition) is 3. The van der Waals surface area contributed by atoms with Crippen molar-refractivity contribution in [1.29, 1.82) is 0 Å². The largest absolute Gasteiger partial charge is 0.478 e. The molecule has 4 heteroatoms. The second kappa shape index (κ2) is 8.21. The summed E-state index contributed by atoms with van der Waals surface area (Å²) >= 11 is 1.60. The highest BCUT2D eigenvalue weighted by atomic mass is 32.2. The molecule has 0 saturated heterocycles. The maximum atomic E-state index is 10.2. The zero-order valence-electron chi connectivity index (χ0n) is 15.6. The number of carboxylic acid groups (broad SMARTS) is 1. The minimum atomic E-state index is -0.841. The average molecular weight is 390 g/mol. The summed E-state index contributed by atoms with van der Waals surface area (Å²) in [6, 6.07) is 17.8. The number of aliphatic carboxylic acids is 1. The molecule has 2 aliphatic rings. The molecular weight excluding hydrogens is 366 g/mol. The first-order valence-corrected chi connectivity index (χ1v) is 10.6. The van der Waals surface area contributed by atoms with Gasteiger partial charge in [-0.2, -0.15) is 0 Å². The first-order chi connectivity index (χ1) is 13.6. The van der Waals surface area contributed by atoms with Gasteiger partial charge in [-0.1, -0.05) is 54.6 Å². The molecule has 1 heterocycles. The quantitative estimate of drug-likeness (QED) is 0.533. The maximum absolute atomic E-state index is 10.2. The Hall–Kier alpha value is -2.56. The van der Waals surface area contributed by atoms with E-state index in [4.69, 9.17) is 10.8 Å². The van der Waals surface area contributed by atoms with Gasteiger partial charge < -0.3 is 10.8 Å². The van der Waals surface area contributed by atoms with Gasteiger partial charge >= 0.3 is 5.97 Å². The van der Waals surface area contributed by atoms with E-state index < -0.39 is 5.97 Å². The Morgan fingerprint density at radius 3 is 2.61 bits per heavy atom. The number of carbonyl (C=O) groups is 1. The third-order valence-corrected chi connectivity index (χ3v) is 6.07. The minimum Gasteiger partial charge on any atom is -0.478 e. The Balaban J connectivity index is 0.000000181. The third kappa shape index (κ3) is 3.71. The number of fused-ring (bicyclic) bond motifs is 5. The van der Waals surface area contributed by atoms with Crippen LogP contribution in [-0.4, -0.2) is 16.8 Å². The molecule has 0 amide bonds. The average Bonchev–Trinajstić information content (AvgIpc) is 2.74. The number of benzene rings is 3. The molecule has 3 nitrogen and oxygen atoms in total. The molecule has 1 unspecified atom stereocenters. The van der Waals surface area contributed by atoms with Crippen LogP contribution in [0.25, 0.3) is 21.5 Å². The summed E-state index contributed by atoms with van der Waals surface area (Å²) in [5, 5.41) is 15.5. The van der Waals surface area contributed by atoms with E-state index in [2.05, 4.69) is 48.5 Å². The normalized spacial score (nSPS) is 18.2.